The van der Waals surface area contributed by atoms with E-state index >= 15 is 0 Å². The average molecular weight is 262 g/mol. The van der Waals surface area contributed by atoms with E-state index in [4.69, 9.17) is 12.2 Å². The largest absolute Gasteiger partial charge is 0.328 e. The zero-order chi connectivity index (χ0) is 12.7. The van der Waals surface area contributed by atoms with E-state index in [0.717, 1.165) is 47.3 Å². The smallest absolute Gasteiger partial charge is 0.179 e. The van der Waals surface area contributed by atoms with Crippen LogP contribution in [0.4, 0.5) is 0 Å². The standard InChI is InChI=1S/C13H18N4S/c1-3-10-11-12(16(2)15-10)17(13(18)14-11)9-7-5-4-6-8-9/h4-5,9H,3,6-8H2,1-2H3,(H,14,18). The fourth-order valence-electron chi connectivity index (χ4n) is 2.84. The van der Waals surface area contributed by atoms with Crippen molar-refractivity contribution >= 4 is 23.4 Å². The predicted molar refractivity (Wildman–Crippen MR) is 75.3 cm³/mol. The first-order chi connectivity index (χ1) is 8.72. The summed E-state index contributed by atoms with van der Waals surface area (Å²) in [6, 6.07) is 0.469. The molecule has 0 amide bonds. The van der Waals surface area contributed by atoms with E-state index in [1.54, 1.807) is 0 Å². The van der Waals surface area contributed by atoms with Gasteiger partial charge in [0.1, 0.15) is 5.52 Å². The highest BCUT2D eigenvalue weighted by Gasteiger charge is 2.20. The lowest BCUT2D eigenvalue weighted by Crippen LogP contribution is -2.12. The van der Waals surface area contributed by atoms with Gasteiger partial charge in [-0.3, -0.25) is 9.25 Å². The lowest BCUT2D eigenvalue weighted by Gasteiger charge is -2.20. The van der Waals surface area contributed by atoms with Crippen LogP contribution in [0.25, 0.3) is 11.2 Å². The van der Waals surface area contributed by atoms with Gasteiger partial charge in [-0.15, -0.1) is 0 Å². The number of aromatic amines is 1. The first-order valence-corrected chi connectivity index (χ1v) is 6.94. The van der Waals surface area contributed by atoms with Crippen LogP contribution in [0.2, 0.25) is 0 Å². The SMILES string of the molecule is CCc1nn(C)c2c1[nH]c(=S)n2C1CC=CCC1. The number of aryl methyl sites for hydroxylation is 2. The molecule has 5 heteroatoms. The molecule has 0 aromatic carbocycles. The van der Waals surface area contributed by atoms with Crippen LogP contribution < -0.4 is 0 Å². The molecule has 18 heavy (non-hydrogen) atoms. The van der Waals surface area contributed by atoms with Gasteiger partial charge in [-0.1, -0.05) is 19.1 Å². The van der Waals surface area contributed by atoms with Crippen LogP contribution in [-0.2, 0) is 13.5 Å². The van der Waals surface area contributed by atoms with Crippen molar-refractivity contribution in [1.29, 1.82) is 0 Å². The zero-order valence-corrected chi connectivity index (χ0v) is 11.6. The van der Waals surface area contributed by atoms with Gasteiger partial charge in [0.05, 0.1) is 5.69 Å². The maximum absolute atomic E-state index is 5.50. The van der Waals surface area contributed by atoms with Crippen molar-refractivity contribution in [2.45, 2.75) is 38.6 Å². The van der Waals surface area contributed by atoms with Crippen LogP contribution in [-0.4, -0.2) is 19.3 Å². The molecule has 1 unspecified atom stereocenters. The molecule has 0 saturated carbocycles. The molecule has 0 radical (unpaired) electrons. The summed E-state index contributed by atoms with van der Waals surface area (Å²) in [4.78, 5) is 3.34. The average Bonchev–Trinajstić information content (AvgIpc) is 2.87. The van der Waals surface area contributed by atoms with Crippen LogP contribution in [0.5, 0.6) is 0 Å². The fourth-order valence-corrected chi connectivity index (χ4v) is 3.17. The molecule has 1 atom stereocenters. The normalized spacial score (nSPS) is 19.8. The summed E-state index contributed by atoms with van der Waals surface area (Å²) in [6.07, 6.45) is 8.80. The topological polar surface area (TPSA) is 38.5 Å². The molecule has 96 valence electrons. The zero-order valence-electron chi connectivity index (χ0n) is 10.8. The fraction of sp³-hybridized carbons (Fsp3) is 0.538. The monoisotopic (exact) mass is 262 g/mol. The van der Waals surface area contributed by atoms with Gasteiger partial charge in [-0.25, -0.2) is 0 Å². The van der Waals surface area contributed by atoms with Crippen LogP contribution >= 0.6 is 12.2 Å². The third-order valence-electron chi connectivity index (χ3n) is 3.71. The lowest BCUT2D eigenvalue weighted by atomic mass is 10.0. The molecule has 1 aliphatic carbocycles. The maximum Gasteiger partial charge on any atom is 0.179 e. The Kier molecular flexibility index (Phi) is 2.86. The minimum absolute atomic E-state index is 0.469. The Labute approximate surface area is 111 Å². The number of rotatable bonds is 2. The summed E-state index contributed by atoms with van der Waals surface area (Å²) >= 11 is 5.50. The van der Waals surface area contributed by atoms with Gasteiger partial charge in [0.25, 0.3) is 0 Å². The predicted octanol–water partition coefficient (Wildman–Crippen LogP) is 3.28. The second kappa shape index (κ2) is 4.39. The molecule has 0 bridgehead atoms. The molecule has 0 aliphatic heterocycles. The molecule has 1 N–H and O–H groups in total. The number of fused-ring (bicyclic) bond motifs is 1. The van der Waals surface area contributed by atoms with Gasteiger partial charge in [0.15, 0.2) is 10.4 Å². The molecule has 0 spiro atoms. The Morgan fingerprint density at radius 2 is 2.33 bits per heavy atom. The van der Waals surface area contributed by atoms with E-state index in [0.29, 0.717) is 6.04 Å². The summed E-state index contributed by atoms with van der Waals surface area (Å²) in [5, 5.41) is 4.57. The molecule has 4 nitrogen and oxygen atoms in total. The number of imidazole rings is 1. The summed E-state index contributed by atoms with van der Waals surface area (Å²) in [5.41, 5.74) is 3.35. The number of nitrogens with one attached hydrogen (secondary N) is 1. The van der Waals surface area contributed by atoms with E-state index in [1.165, 1.54) is 0 Å². The maximum atomic E-state index is 5.50. The second-order valence-electron chi connectivity index (χ2n) is 4.86. The Morgan fingerprint density at radius 1 is 1.50 bits per heavy atom. The first-order valence-electron chi connectivity index (χ1n) is 6.53. The van der Waals surface area contributed by atoms with Gasteiger partial charge in [0.2, 0.25) is 0 Å². The molecular formula is C13H18N4S. The van der Waals surface area contributed by atoms with Crippen LogP contribution in [0.15, 0.2) is 12.2 Å². The number of hydrogen-bond donors (Lipinski definition) is 1. The summed E-state index contributed by atoms with van der Waals surface area (Å²) in [6.45, 7) is 2.12. The van der Waals surface area contributed by atoms with E-state index in [1.807, 2.05) is 11.7 Å². The third kappa shape index (κ3) is 1.65. The summed E-state index contributed by atoms with van der Waals surface area (Å²) < 4.78 is 5.03. The quantitative estimate of drug-likeness (QED) is 0.666. The highest BCUT2D eigenvalue weighted by atomic mass is 32.1. The van der Waals surface area contributed by atoms with Crippen LogP contribution in [0.3, 0.4) is 0 Å². The summed E-state index contributed by atoms with van der Waals surface area (Å²) in [7, 11) is 2.00. The van der Waals surface area contributed by atoms with E-state index < -0.39 is 0 Å². The minimum Gasteiger partial charge on any atom is -0.328 e. The molecule has 2 aromatic rings. The number of hydrogen-bond acceptors (Lipinski definition) is 2. The molecular weight excluding hydrogens is 244 g/mol. The third-order valence-corrected chi connectivity index (χ3v) is 4.01. The Balaban J connectivity index is 2.22. The Hall–Kier alpha value is -1.36. The molecule has 0 fully saturated rings. The van der Waals surface area contributed by atoms with Crippen molar-refractivity contribution in [3.63, 3.8) is 0 Å². The van der Waals surface area contributed by atoms with E-state index in [9.17, 15) is 0 Å². The van der Waals surface area contributed by atoms with E-state index in [-0.39, 0.29) is 0 Å². The van der Waals surface area contributed by atoms with E-state index in [2.05, 4.69) is 33.7 Å². The van der Waals surface area contributed by atoms with Gasteiger partial charge in [0, 0.05) is 13.1 Å². The Bertz CT molecular complexity index is 658. The lowest BCUT2D eigenvalue weighted by molar-refractivity contribution is 0.459. The molecule has 3 rings (SSSR count). The minimum atomic E-state index is 0.469. The molecule has 1 aliphatic rings. The number of allylic oxidation sites excluding steroid dienone is 2. The van der Waals surface area contributed by atoms with Gasteiger partial charge >= 0.3 is 0 Å². The second-order valence-corrected chi connectivity index (χ2v) is 5.25. The number of aromatic nitrogens is 4. The van der Waals surface area contributed by atoms with Gasteiger partial charge < -0.3 is 4.98 Å². The number of nitrogens with zero attached hydrogens (tertiary/aromatic N) is 3. The summed E-state index contributed by atoms with van der Waals surface area (Å²) in [5.74, 6) is 0. The van der Waals surface area contributed by atoms with Crippen molar-refractivity contribution in [1.82, 2.24) is 19.3 Å². The van der Waals surface area contributed by atoms with Crippen molar-refractivity contribution in [2.24, 2.45) is 7.05 Å². The van der Waals surface area contributed by atoms with Crippen molar-refractivity contribution in [3.05, 3.63) is 22.6 Å². The van der Waals surface area contributed by atoms with Gasteiger partial charge in [-0.05, 0) is 37.9 Å². The molecule has 0 saturated heterocycles. The van der Waals surface area contributed by atoms with Crippen molar-refractivity contribution < 1.29 is 0 Å². The molecule has 2 heterocycles. The van der Waals surface area contributed by atoms with Crippen LogP contribution in [0, 0.1) is 4.77 Å². The number of H-pyrrole nitrogens is 1. The highest BCUT2D eigenvalue weighted by Crippen LogP contribution is 2.29. The van der Waals surface area contributed by atoms with Gasteiger partial charge in [-0.2, -0.15) is 5.10 Å². The first kappa shape index (κ1) is 11.7. The van der Waals surface area contributed by atoms with Crippen LogP contribution in [0.1, 0.15) is 37.9 Å². The highest BCUT2D eigenvalue weighted by molar-refractivity contribution is 7.71. The van der Waals surface area contributed by atoms with Crippen molar-refractivity contribution in [3.8, 4) is 0 Å². The Morgan fingerprint density at radius 3 is 3.00 bits per heavy atom. The molecule has 2 aromatic heterocycles. The van der Waals surface area contributed by atoms with Crippen molar-refractivity contribution in [2.75, 3.05) is 0 Å².